The lowest BCUT2D eigenvalue weighted by atomic mass is 10.0. The molecular formula is C20H27N5O. The van der Waals surface area contributed by atoms with E-state index in [0.717, 1.165) is 38.3 Å². The van der Waals surface area contributed by atoms with Crippen LogP contribution < -0.4 is 0 Å². The first-order chi connectivity index (χ1) is 12.8. The van der Waals surface area contributed by atoms with Crippen LogP contribution in [0.5, 0.6) is 0 Å². The second-order valence-corrected chi connectivity index (χ2v) is 7.55. The minimum absolute atomic E-state index is 0.0572. The number of hydrogen-bond donors (Lipinski definition) is 1. The highest BCUT2D eigenvalue weighted by molar-refractivity contribution is 5.92. The van der Waals surface area contributed by atoms with Gasteiger partial charge in [0.2, 0.25) is 0 Å². The molecule has 1 amide bonds. The number of aromatic nitrogens is 3. The molecule has 1 aliphatic carbocycles. The Morgan fingerprint density at radius 3 is 2.73 bits per heavy atom. The van der Waals surface area contributed by atoms with Gasteiger partial charge in [-0.3, -0.25) is 19.8 Å². The maximum atomic E-state index is 12.9. The first kappa shape index (κ1) is 17.2. The molecule has 138 valence electrons. The van der Waals surface area contributed by atoms with Crippen molar-refractivity contribution >= 4 is 5.91 Å². The van der Waals surface area contributed by atoms with Crippen molar-refractivity contribution in [3.63, 3.8) is 0 Å². The number of aromatic amines is 1. The quantitative estimate of drug-likeness (QED) is 0.916. The van der Waals surface area contributed by atoms with Gasteiger partial charge in [-0.25, -0.2) is 0 Å². The molecule has 4 rings (SSSR count). The van der Waals surface area contributed by atoms with Crippen molar-refractivity contribution in [3.8, 4) is 0 Å². The largest absolute Gasteiger partial charge is 0.336 e. The van der Waals surface area contributed by atoms with Gasteiger partial charge >= 0.3 is 0 Å². The van der Waals surface area contributed by atoms with Crippen molar-refractivity contribution in [1.29, 1.82) is 0 Å². The fraction of sp³-hybridized carbons (Fsp3) is 0.550. The van der Waals surface area contributed by atoms with E-state index in [1.807, 2.05) is 23.2 Å². The van der Waals surface area contributed by atoms with Crippen LogP contribution in [-0.2, 0) is 6.42 Å². The molecule has 3 heterocycles. The summed E-state index contributed by atoms with van der Waals surface area (Å²) < 4.78 is 0. The number of carbonyl (C=O) groups excluding carboxylic acids is 1. The minimum Gasteiger partial charge on any atom is -0.336 e. The Morgan fingerprint density at radius 1 is 1.12 bits per heavy atom. The highest BCUT2D eigenvalue weighted by Crippen LogP contribution is 2.26. The van der Waals surface area contributed by atoms with Crippen molar-refractivity contribution in [3.05, 3.63) is 48.0 Å². The molecule has 0 bridgehead atoms. The maximum absolute atomic E-state index is 12.9. The zero-order chi connectivity index (χ0) is 17.8. The molecule has 2 aromatic rings. The molecule has 2 aromatic heterocycles. The molecule has 26 heavy (non-hydrogen) atoms. The van der Waals surface area contributed by atoms with E-state index in [0.29, 0.717) is 17.7 Å². The van der Waals surface area contributed by atoms with Gasteiger partial charge in [0, 0.05) is 50.3 Å². The van der Waals surface area contributed by atoms with Gasteiger partial charge in [0.25, 0.3) is 5.91 Å². The molecule has 0 radical (unpaired) electrons. The maximum Gasteiger partial charge on any atom is 0.271 e. The number of H-pyrrole nitrogens is 1. The third kappa shape index (κ3) is 3.96. The van der Waals surface area contributed by atoms with E-state index < -0.39 is 0 Å². The fourth-order valence-electron chi connectivity index (χ4n) is 4.41. The van der Waals surface area contributed by atoms with Crippen LogP contribution in [0.1, 0.15) is 41.9 Å². The summed E-state index contributed by atoms with van der Waals surface area (Å²) >= 11 is 0. The normalized spacial score (nSPS) is 22.5. The van der Waals surface area contributed by atoms with Crippen LogP contribution in [0.3, 0.4) is 0 Å². The summed E-state index contributed by atoms with van der Waals surface area (Å²) in [6.07, 6.45) is 9.67. The van der Waals surface area contributed by atoms with Gasteiger partial charge in [0.1, 0.15) is 5.69 Å². The van der Waals surface area contributed by atoms with Crippen LogP contribution in [0.2, 0.25) is 0 Å². The van der Waals surface area contributed by atoms with Crippen LogP contribution in [0, 0.1) is 5.92 Å². The van der Waals surface area contributed by atoms with Crippen LogP contribution >= 0.6 is 0 Å². The van der Waals surface area contributed by atoms with Gasteiger partial charge < -0.3 is 4.90 Å². The Bertz CT molecular complexity index is 696. The highest BCUT2D eigenvalue weighted by atomic mass is 16.2. The number of amides is 1. The van der Waals surface area contributed by atoms with E-state index in [1.165, 1.54) is 25.7 Å². The molecule has 2 aliphatic rings. The molecule has 6 nitrogen and oxygen atoms in total. The summed E-state index contributed by atoms with van der Waals surface area (Å²) in [6, 6.07) is 8.53. The zero-order valence-corrected chi connectivity index (χ0v) is 15.2. The lowest BCUT2D eigenvalue weighted by Crippen LogP contribution is -2.38. The SMILES string of the molecule is O=C(c1ccn[nH]1)N1CCN(C2CCCC2)C[C@H](Cc2ccccn2)C1. The summed E-state index contributed by atoms with van der Waals surface area (Å²) in [6.45, 7) is 3.57. The van der Waals surface area contributed by atoms with Crippen molar-refractivity contribution in [2.75, 3.05) is 26.2 Å². The van der Waals surface area contributed by atoms with Gasteiger partial charge in [-0.2, -0.15) is 5.10 Å². The number of carbonyl (C=O) groups is 1. The Morgan fingerprint density at radius 2 is 2.00 bits per heavy atom. The predicted molar refractivity (Wildman–Crippen MR) is 99.8 cm³/mol. The minimum atomic E-state index is 0.0572. The van der Waals surface area contributed by atoms with Crippen molar-refractivity contribution in [1.82, 2.24) is 25.0 Å². The lowest BCUT2D eigenvalue weighted by Gasteiger charge is -2.29. The molecule has 0 aromatic carbocycles. The molecule has 2 fully saturated rings. The third-order valence-corrected chi connectivity index (χ3v) is 5.71. The van der Waals surface area contributed by atoms with E-state index in [9.17, 15) is 4.79 Å². The monoisotopic (exact) mass is 353 g/mol. The van der Waals surface area contributed by atoms with E-state index in [4.69, 9.17) is 0 Å². The molecule has 1 aliphatic heterocycles. The average Bonchev–Trinajstić information content (AvgIpc) is 3.35. The number of nitrogens with zero attached hydrogens (tertiary/aromatic N) is 4. The number of rotatable bonds is 4. The Balaban J connectivity index is 1.51. The number of hydrogen-bond acceptors (Lipinski definition) is 4. The molecule has 1 N–H and O–H groups in total. The Hall–Kier alpha value is -2.21. The molecule has 0 spiro atoms. The Kier molecular flexibility index (Phi) is 5.29. The van der Waals surface area contributed by atoms with Gasteiger partial charge in [0.05, 0.1) is 0 Å². The fourth-order valence-corrected chi connectivity index (χ4v) is 4.41. The molecule has 1 saturated heterocycles. The molecule has 0 unspecified atom stereocenters. The van der Waals surface area contributed by atoms with Gasteiger partial charge in [-0.1, -0.05) is 18.9 Å². The highest BCUT2D eigenvalue weighted by Gasteiger charge is 2.31. The first-order valence-electron chi connectivity index (χ1n) is 9.72. The summed E-state index contributed by atoms with van der Waals surface area (Å²) in [5, 5.41) is 6.75. The third-order valence-electron chi connectivity index (χ3n) is 5.71. The second-order valence-electron chi connectivity index (χ2n) is 7.55. The summed E-state index contributed by atoms with van der Waals surface area (Å²) in [5.74, 6) is 0.460. The molecule has 1 atom stereocenters. The topological polar surface area (TPSA) is 65.1 Å². The lowest BCUT2D eigenvalue weighted by molar-refractivity contribution is 0.0738. The zero-order valence-electron chi connectivity index (χ0n) is 15.2. The van der Waals surface area contributed by atoms with Gasteiger partial charge in [-0.15, -0.1) is 0 Å². The molecular weight excluding hydrogens is 326 g/mol. The molecule has 6 heteroatoms. The van der Waals surface area contributed by atoms with Crippen LogP contribution in [0.25, 0.3) is 0 Å². The number of nitrogens with one attached hydrogen (secondary N) is 1. The average molecular weight is 353 g/mol. The van der Waals surface area contributed by atoms with E-state index in [1.54, 1.807) is 12.3 Å². The summed E-state index contributed by atoms with van der Waals surface area (Å²) in [7, 11) is 0. The standard InChI is InChI=1S/C20H27N5O/c26-20(19-8-10-22-23-19)25-12-11-24(18-6-1-2-7-18)14-16(15-25)13-17-5-3-4-9-21-17/h3-5,8-10,16,18H,1-2,6-7,11-15H2,(H,22,23)/t16-/m0/s1. The Labute approximate surface area is 154 Å². The first-order valence-corrected chi connectivity index (χ1v) is 9.72. The van der Waals surface area contributed by atoms with E-state index in [2.05, 4.69) is 26.1 Å². The summed E-state index contributed by atoms with van der Waals surface area (Å²) in [5.41, 5.74) is 1.69. The van der Waals surface area contributed by atoms with Gasteiger partial charge in [0.15, 0.2) is 0 Å². The second kappa shape index (κ2) is 7.99. The van der Waals surface area contributed by atoms with E-state index >= 15 is 0 Å². The van der Waals surface area contributed by atoms with Crippen LogP contribution in [0.4, 0.5) is 0 Å². The van der Waals surface area contributed by atoms with Crippen molar-refractivity contribution < 1.29 is 4.79 Å². The smallest absolute Gasteiger partial charge is 0.271 e. The van der Waals surface area contributed by atoms with Gasteiger partial charge in [-0.05, 0) is 43.4 Å². The number of pyridine rings is 1. The summed E-state index contributed by atoms with van der Waals surface area (Å²) in [4.78, 5) is 22.0. The van der Waals surface area contributed by atoms with E-state index in [-0.39, 0.29) is 5.91 Å². The van der Waals surface area contributed by atoms with Crippen LogP contribution in [0.15, 0.2) is 36.7 Å². The van der Waals surface area contributed by atoms with Crippen molar-refractivity contribution in [2.24, 2.45) is 5.92 Å². The predicted octanol–water partition coefficient (Wildman–Crippen LogP) is 2.36. The van der Waals surface area contributed by atoms with Crippen LogP contribution in [-0.4, -0.2) is 63.1 Å². The molecule has 1 saturated carbocycles. The van der Waals surface area contributed by atoms with Crippen molar-refractivity contribution in [2.45, 2.75) is 38.1 Å².